The molecule has 0 fully saturated rings. The van der Waals surface area contributed by atoms with Gasteiger partial charge in [-0.05, 0) is 18.6 Å². The van der Waals surface area contributed by atoms with Crippen LogP contribution in [0.25, 0.3) is 5.57 Å². The first-order valence-electron chi connectivity index (χ1n) is 4.55. The second-order valence-electron chi connectivity index (χ2n) is 3.16. The average Bonchev–Trinajstić information content (AvgIpc) is 2.65. The van der Waals surface area contributed by atoms with E-state index in [0.29, 0.717) is 12.2 Å². The number of ether oxygens (including phenoxy) is 1. The van der Waals surface area contributed by atoms with Crippen LogP contribution in [-0.4, -0.2) is 17.9 Å². The number of hydrogen-bond acceptors (Lipinski definition) is 3. The minimum atomic E-state index is 0.183. The highest BCUT2D eigenvalue weighted by atomic mass is 16.5. The molecule has 0 atom stereocenters. The zero-order valence-electron chi connectivity index (χ0n) is 7.99. The molecule has 0 spiro atoms. The average molecular weight is 189 g/mol. The highest BCUT2D eigenvalue weighted by Crippen LogP contribution is 2.23. The molecule has 0 bridgehead atoms. The molecule has 0 aliphatic heterocycles. The third-order valence-corrected chi connectivity index (χ3v) is 2.27. The van der Waals surface area contributed by atoms with Crippen LogP contribution in [0.5, 0.6) is 5.75 Å². The topological polar surface area (TPSA) is 39.2 Å². The van der Waals surface area contributed by atoms with E-state index in [4.69, 9.17) is 4.74 Å². The lowest BCUT2D eigenvalue weighted by Gasteiger charge is -2.01. The lowest BCUT2D eigenvalue weighted by Crippen LogP contribution is -1.97. The molecular weight excluding hydrogens is 178 g/mol. The molecule has 0 saturated carbocycles. The van der Waals surface area contributed by atoms with Crippen LogP contribution < -0.4 is 4.74 Å². The van der Waals surface area contributed by atoms with E-state index >= 15 is 0 Å². The van der Waals surface area contributed by atoms with Gasteiger partial charge in [0.25, 0.3) is 0 Å². The van der Waals surface area contributed by atoms with Gasteiger partial charge in [-0.2, -0.15) is 0 Å². The highest BCUT2D eigenvalue weighted by molar-refractivity contribution is 6.22. The third kappa shape index (κ3) is 1.53. The molecule has 14 heavy (non-hydrogen) atoms. The molecule has 3 nitrogen and oxygen atoms in total. The molecule has 0 amide bonds. The van der Waals surface area contributed by atoms with Crippen LogP contribution in [0.3, 0.4) is 0 Å². The smallest absolute Gasteiger partial charge is 0.165 e. The minimum absolute atomic E-state index is 0.183. The van der Waals surface area contributed by atoms with Crippen molar-refractivity contribution in [1.29, 1.82) is 0 Å². The lowest BCUT2D eigenvalue weighted by molar-refractivity contribution is -0.113. The molecular formula is C11H11NO2. The lowest BCUT2D eigenvalue weighted by atomic mass is 10.1. The molecule has 1 aromatic rings. The fraction of sp³-hybridized carbons (Fsp3) is 0.273. The molecule has 0 unspecified atom stereocenters. The van der Waals surface area contributed by atoms with Gasteiger partial charge >= 0.3 is 0 Å². The molecule has 2 rings (SSSR count). The van der Waals surface area contributed by atoms with Gasteiger partial charge in [0.2, 0.25) is 0 Å². The van der Waals surface area contributed by atoms with Gasteiger partial charge in [0.05, 0.1) is 19.0 Å². The normalized spacial score (nSPS) is 15.5. The van der Waals surface area contributed by atoms with E-state index in [1.165, 1.54) is 0 Å². The van der Waals surface area contributed by atoms with Crippen LogP contribution in [0.2, 0.25) is 0 Å². The van der Waals surface area contributed by atoms with Crippen molar-refractivity contribution >= 4 is 11.4 Å². The number of methoxy groups -OCH3 is 1. The van der Waals surface area contributed by atoms with Crippen molar-refractivity contribution < 1.29 is 9.53 Å². The van der Waals surface area contributed by atoms with E-state index < -0.39 is 0 Å². The monoisotopic (exact) mass is 189 g/mol. The number of carbonyl (C=O) groups is 1. The fourth-order valence-corrected chi connectivity index (χ4v) is 1.50. The maximum atomic E-state index is 11.4. The van der Waals surface area contributed by atoms with Gasteiger partial charge in [-0.25, -0.2) is 0 Å². The molecule has 1 aliphatic carbocycles. The number of carbonyl (C=O) groups excluding carboxylic acids is 1. The van der Waals surface area contributed by atoms with Gasteiger partial charge < -0.3 is 4.74 Å². The summed E-state index contributed by atoms with van der Waals surface area (Å²) in [6.07, 6.45) is 5.02. The summed E-state index contributed by atoms with van der Waals surface area (Å²) in [6, 6.07) is 3.63. The number of ketones is 1. The molecule has 0 radical (unpaired) electrons. The number of rotatable bonds is 2. The van der Waals surface area contributed by atoms with Crippen molar-refractivity contribution in [2.24, 2.45) is 0 Å². The second-order valence-corrected chi connectivity index (χ2v) is 3.16. The summed E-state index contributed by atoms with van der Waals surface area (Å²) < 4.78 is 4.99. The molecule has 0 N–H and O–H groups in total. The number of Topliss-reactive ketones (excluding diaryl/α,β-unsaturated/α-hetero) is 1. The predicted molar refractivity (Wildman–Crippen MR) is 53.0 cm³/mol. The predicted octanol–water partition coefficient (Wildman–Crippen LogP) is 1.84. The zero-order chi connectivity index (χ0) is 9.97. The Morgan fingerprint density at radius 3 is 2.79 bits per heavy atom. The van der Waals surface area contributed by atoms with E-state index in [0.717, 1.165) is 17.7 Å². The van der Waals surface area contributed by atoms with Crippen LogP contribution in [0.15, 0.2) is 24.4 Å². The Bertz CT molecular complexity index is 379. The Hall–Kier alpha value is -1.64. The third-order valence-electron chi connectivity index (χ3n) is 2.27. The van der Waals surface area contributed by atoms with Gasteiger partial charge in [0.1, 0.15) is 5.75 Å². The van der Waals surface area contributed by atoms with E-state index in [1.807, 2.05) is 18.2 Å². The number of hydrogen-bond donors (Lipinski definition) is 0. The van der Waals surface area contributed by atoms with Crippen molar-refractivity contribution in [3.05, 3.63) is 30.1 Å². The summed E-state index contributed by atoms with van der Waals surface area (Å²) >= 11 is 0. The molecule has 0 aromatic carbocycles. The summed E-state index contributed by atoms with van der Waals surface area (Å²) in [5.74, 6) is 0.891. The standard InChI is InChI=1S/C11H11NO2/c1-14-8-5-6-10(12-7-8)9-3-2-4-11(9)13/h3,5-7H,2,4H2,1H3. The summed E-state index contributed by atoms with van der Waals surface area (Å²) in [4.78, 5) is 15.6. The Morgan fingerprint density at radius 1 is 1.43 bits per heavy atom. The summed E-state index contributed by atoms with van der Waals surface area (Å²) in [5.41, 5.74) is 1.49. The van der Waals surface area contributed by atoms with Gasteiger partial charge in [0.15, 0.2) is 5.78 Å². The summed E-state index contributed by atoms with van der Waals surface area (Å²) in [7, 11) is 1.59. The van der Waals surface area contributed by atoms with Crippen LogP contribution in [0.4, 0.5) is 0 Å². The van der Waals surface area contributed by atoms with E-state index in [1.54, 1.807) is 13.3 Å². The number of pyridine rings is 1. The summed E-state index contributed by atoms with van der Waals surface area (Å²) in [6.45, 7) is 0. The van der Waals surface area contributed by atoms with Crippen LogP contribution in [-0.2, 0) is 4.79 Å². The van der Waals surface area contributed by atoms with Crippen molar-refractivity contribution in [1.82, 2.24) is 4.98 Å². The Morgan fingerprint density at radius 2 is 2.29 bits per heavy atom. The molecule has 0 saturated heterocycles. The fourth-order valence-electron chi connectivity index (χ4n) is 1.50. The first kappa shape index (κ1) is 8.94. The zero-order valence-corrected chi connectivity index (χ0v) is 7.99. The van der Waals surface area contributed by atoms with Gasteiger partial charge in [-0.3, -0.25) is 9.78 Å². The molecule has 3 heteroatoms. The van der Waals surface area contributed by atoms with Crippen molar-refractivity contribution in [2.45, 2.75) is 12.8 Å². The number of aromatic nitrogens is 1. The van der Waals surface area contributed by atoms with Crippen LogP contribution >= 0.6 is 0 Å². The Balaban J connectivity index is 2.29. The first-order chi connectivity index (χ1) is 6.81. The molecule has 1 heterocycles. The van der Waals surface area contributed by atoms with Gasteiger partial charge in [-0.15, -0.1) is 0 Å². The highest BCUT2D eigenvalue weighted by Gasteiger charge is 2.17. The molecule has 1 aromatic heterocycles. The van der Waals surface area contributed by atoms with E-state index in [-0.39, 0.29) is 5.78 Å². The minimum Gasteiger partial charge on any atom is -0.495 e. The second kappa shape index (κ2) is 3.62. The van der Waals surface area contributed by atoms with Crippen molar-refractivity contribution in [2.75, 3.05) is 7.11 Å². The molecule has 72 valence electrons. The van der Waals surface area contributed by atoms with E-state index in [9.17, 15) is 4.79 Å². The van der Waals surface area contributed by atoms with E-state index in [2.05, 4.69) is 4.98 Å². The largest absolute Gasteiger partial charge is 0.495 e. The first-order valence-corrected chi connectivity index (χ1v) is 4.55. The van der Waals surface area contributed by atoms with Crippen molar-refractivity contribution in [3.8, 4) is 5.75 Å². The maximum absolute atomic E-state index is 11.4. The maximum Gasteiger partial charge on any atom is 0.165 e. The number of allylic oxidation sites excluding steroid dienone is 2. The van der Waals surface area contributed by atoms with Crippen LogP contribution in [0.1, 0.15) is 18.5 Å². The van der Waals surface area contributed by atoms with Crippen LogP contribution in [0, 0.1) is 0 Å². The van der Waals surface area contributed by atoms with Gasteiger partial charge in [0, 0.05) is 12.0 Å². The quantitative estimate of drug-likeness (QED) is 0.712. The number of nitrogens with zero attached hydrogens (tertiary/aromatic N) is 1. The van der Waals surface area contributed by atoms with Crippen molar-refractivity contribution in [3.63, 3.8) is 0 Å². The molecule has 1 aliphatic rings. The SMILES string of the molecule is COc1ccc(C2=CCCC2=O)nc1. The Labute approximate surface area is 82.4 Å². The summed E-state index contributed by atoms with van der Waals surface area (Å²) in [5, 5.41) is 0. The van der Waals surface area contributed by atoms with Gasteiger partial charge in [-0.1, -0.05) is 6.08 Å². The Kier molecular flexibility index (Phi) is 2.31.